The highest BCUT2D eigenvalue weighted by atomic mass is 16.5. The van der Waals surface area contributed by atoms with E-state index in [2.05, 4.69) is 5.10 Å². The van der Waals surface area contributed by atoms with Crippen LogP contribution in [0.5, 0.6) is 0 Å². The van der Waals surface area contributed by atoms with Crippen molar-refractivity contribution >= 4 is 5.91 Å². The molecule has 1 aliphatic heterocycles. The molecule has 1 saturated carbocycles. The molecule has 6 heteroatoms. The molecule has 122 valence electrons. The fourth-order valence-electron chi connectivity index (χ4n) is 3.99. The molecule has 0 aromatic carbocycles. The molecule has 2 aromatic rings. The number of ether oxygens (including phenoxy) is 1. The van der Waals surface area contributed by atoms with Gasteiger partial charge in [0.15, 0.2) is 0 Å². The van der Waals surface area contributed by atoms with E-state index in [1.54, 1.807) is 6.20 Å². The van der Waals surface area contributed by atoms with Crippen LogP contribution in [0, 0.1) is 5.92 Å². The van der Waals surface area contributed by atoms with E-state index in [4.69, 9.17) is 4.74 Å². The predicted octanol–water partition coefficient (Wildman–Crippen LogP) is 1.54. The Kier molecular flexibility index (Phi) is 3.69. The van der Waals surface area contributed by atoms with Gasteiger partial charge in [-0.3, -0.25) is 9.48 Å². The van der Waals surface area contributed by atoms with Crippen LogP contribution in [0.3, 0.4) is 0 Å². The SMILES string of the molecule is Cn1cccc1C(=O)N1CCO[C@H]2C(Cn3cccn3)CC[C@@H]21. The van der Waals surface area contributed by atoms with Gasteiger partial charge in [0.1, 0.15) is 5.69 Å². The molecule has 1 amide bonds. The van der Waals surface area contributed by atoms with E-state index in [1.807, 2.05) is 51.8 Å². The zero-order valence-electron chi connectivity index (χ0n) is 13.3. The fraction of sp³-hybridized carbons (Fsp3) is 0.529. The molecule has 3 atom stereocenters. The molecular formula is C17H22N4O2. The third-order valence-corrected chi connectivity index (χ3v) is 5.12. The van der Waals surface area contributed by atoms with Crippen molar-refractivity contribution in [2.45, 2.75) is 31.5 Å². The normalized spacial score (nSPS) is 27.2. The maximum atomic E-state index is 12.9. The summed E-state index contributed by atoms with van der Waals surface area (Å²) in [6, 6.07) is 5.94. The van der Waals surface area contributed by atoms with E-state index in [1.165, 1.54) is 0 Å². The minimum atomic E-state index is 0.121. The molecule has 4 rings (SSSR count). The first kappa shape index (κ1) is 14.5. The van der Waals surface area contributed by atoms with Crippen LogP contribution in [0.25, 0.3) is 0 Å². The van der Waals surface area contributed by atoms with Crippen LogP contribution >= 0.6 is 0 Å². The second kappa shape index (κ2) is 5.85. The Hall–Kier alpha value is -2.08. The lowest BCUT2D eigenvalue weighted by atomic mass is 10.0. The monoisotopic (exact) mass is 314 g/mol. The van der Waals surface area contributed by atoms with Crippen LogP contribution in [-0.2, 0) is 18.3 Å². The van der Waals surface area contributed by atoms with Crippen LogP contribution in [0.1, 0.15) is 23.3 Å². The summed E-state index contributed by atoms with van der Waals surface area (Å²) in [5.41, 5.74) is 0.751. The van der Waals surface area contributed by atoms with Gasteiger partial charge in [0.25, 0.3) is 5.91 Å². The fourth-order valence-corrected chi connectivity index (χ4v) is 3.99. The van der Waals surface area contributed by atoms with Gasteiger partial charge in [-0.15, -0.1) is 0 Å². The number of carbonyl (C=O) groups excluding carboxylic acids is 1. The van der Waals surface area contributed by atoms with E-state index in [0.29, 0.717) is 19.1 Å². The quantitative estimate of drug-likeness (QED) is 0.863. The van der Waals surface area contributed by atoms with Crippen LogP contribution in [-0.4, -0.2) is 50.5 Å². The van der Waals surface area contributed by atoms with E-state index in [9.17, 15) is 4.79 Å². The highest BCUT2D eigenvalue weighted by Crippen LogP contribution is 2.36. The molecule has 23 heavy (non-hydrogen) atoms. The Morgan fingerprint density at radius 1 is 1.35 bits per heavy atom. The van der Waals surface area contributed by atoms with Crippen LogP contribution in [0.2, 0.25) is 0 Å². The van der Waals surface area contributed by atoms with Crippen molar-refractivity contribution in [2.24, 2.45) is 13.0 Å². The number of amides is 1. The number of fused-ring (bicyclic) bond motifs is 1. The molecule has 6 nitrogen and oxygen atoms in total. The van der Waals surface area contributed by atoms with Gasteiger partial charge in [-0.25, -0.2) is 0 Å². The molecule has 2 aromatic heterocycles. The Balaban J connectivity index is 1.51. The molecule has 2 aliphatic rings. The van der Waals surface area contributed by atoms with E-state index in [0.717, 1.165) is 25.1 Å². The number of morpholine rings is 1. The van der Waals surface area contributed by atoms with Gasteiger partial charge in [-0.1, -0.05) is 0 Å². The summed E-state index contributed by atoms with van der Waals surface area (Å²) >= 11 is 0. The first-order valence-electron chi connectivity index (χ1n) is 8.25. The Morgan fingerprint density at radius 3 is 3.00 bits per heavy atom. The van der Waals surface area contributed by atoms with Gasteiger partial charge in [0.2, 0.25) is 0 Å². The average Bonchev–Trinajstić information content (AvgIpc) is 3.29. The maximum absolute atomic E-state index is 12.9. The molecule has 0 radical (unpaired) electrons. The molecule has 1 saturated heterocycles. The summed E-state index contributed by atoms with van der Waals surface area (Å²) in [5.74, 6) is 0.541. The summed E-state index contributed by atoms with van der Waals surface area (Å²) in [6.07, 6.45) is 7.92. The maximum Gasteiger partial charge on any atom is 0.270 e. The number of hydrogen-bond acceptors (Lipinski definition) is 3. The van der Waals surface area contributed by atoms with Gasteiger partial charge < -0.3 is 14.2 Å². The van der Waals surface area contributed by atoms with Crippen molar-refractivity contribution < 1.29 is 9.53 Å². The summed E-state index contributed by atoms with van der Waals surface area (Å²) in [6.45, 7) is 2.16. The van der Waals surface area contributed by atoms with Crippen molar-refractivity contribution in [3.63, 3.8) is 0 Å². The number of aryl methyl sites for hydroxylation is 1. The molecule has 1 aliphatic carbocycles. The summed E-state index contributed by atoms with van der Waals surface area (Å²) < 4.78 is 9.91. The van der Waals surface area contributed by atoms with Crippen molar-refractivity contribution in [3.8, 4) is 0 Å². The third-order valence-electron chi connectivity index (χ3n) is 5.12. The zero-order valence-corrected chi connectivity index (χ0v) is 13.3. The number of rotatable bonds is 3. The zero-order chi connectivity index (χ0) is 15.8. The number of carbonyl (C=O) groups is 1. The lowest BCUT2D eigenvalue weighted by Gasteiger charge is -2.39. The first-order chi connectivity index (χ1) is 11.2. The highest BCUT2D eigenvalue weighted by molar-refractivity contribution is 5.93. The largest absolute Gasteiger partial charge is 0.374 e. The Labute approximate surface area is 135 Å². The van der Waals surface area contributed by atoms with Crippen molar-refractivity contribution in [1.82, 2.24) is 19.2 Å². The van der Waals surface area contributed by atoms with Gasteiger partial charge in [0, 0.05) is 44.6 Å². The molecule has 0 bridgehead atoms. The molecule has 3 heterocycles. The third kappa shape index (κ3) is 2.57. The van der Waals surface area contributed by atoms with Crippen LogP contribution in [0.4, 0.5) is 0 Å². The van der Waals surface area contributed by atoms with Crippen LogP contribution < -0.4 is 0 Å². The lowest BCUT2D eigenvalue weighted by Crippen LogP contribution is -2.53. The summed E-state index contributed by atoms with van der Waals surface area (Å²) in [4.78, 5) is 14.9. The molecule has 1 unspecified atom stereocenters. The highest BCUT2D eigenvalue weighted by Gasteiger charge is 2.44. The van der Waals surface area contributed by atoms with Crippen molar-refractivity contribution in [3.05, 3.63) is 42.5 Å². The molecule has 0 spiro atoms. The Bertz CT molecular complexity index is 679. The Morgan fingerprint density at radius 2 is 2.26 bits per heavy atom. The molecular weight excluding hydrogens is 292 g/mol. The minimum Gasteiger partial charge on any atom is -0.374 e. The standard InChI is InChI=1S/C17H22N4O2/c1-19-8-2-4-15(19)17(22)21-10-11-23-16-13(5-6-14(16)21)12-20-9-3-7-18-20/h2-4,7-9,13-14,16H,5-6,10-12H2,1H3/t13?,14-,16-/m0/s1. The summed E-state index contributed by atoms with van der Waals surface area (Å²) in [5, 5.41) is 4.30. The smallest absolute Gasteiger partial charge is 0.270 e. The average molecular weight is 314 g/mol. The van der Waals surface area contributed by atoms with E-state index >= 15 is 0 Å². The second-order valence-electron chi connectivity index (χ2n) is 6.47. The lowest BCUT2D eigenvalue weighted by molar-refractivity contribution is -0.0651. The topological polar surface area (TPSA) is 52.3 Å². The molecule has 0 N–H and O–H groups in total. The van der Waals surface area contributed by atoms with Crippen molar-refractivity contribution in [2.75, 3.05) is 13.2 Å². The minimum absolute atomic E-state index is 0.121. The van der Waals surface area contributed by atoms with Gasteiger partial charge in [-0.2, -0.15) is 5.10 Å². The van der Waals surface area contributed by atoms with Gasteiger partial charge in [0.05, 0.1) is 18.8 Å². The number of nitrogens with zero attached hydrogens (tertiary/aromatic N) is 4. The first-order valence-corrected chi connectivity index (χ1v) is 8.25. The summed E-state index contributed by atoms with van der Waals surface area (Å²) in [7, 11) is 1.92. The molecule has 2 fully saturated rings. The number of aromatic nitrogens is 3. The van der Waals surface area contributed by atoms with Crippen LogP contribution in [0.15, 0.2) is 36.8 Å². The van der Waals surface area contributed by atoms with Gasteiger partial charge >= 0.3 is 0 Å². The second-order valence-corrected chi connectivity index (χ2v) is 6.47. The van der Waals surface area contributed by atoms with E-state index in [-0.39, 0.29) is 18.1 Å². The van der Waals surface area contributed by atoms with E-state index < -0.39 is 0 Å². The predicted molar refractivity (Wildman–Crippen MR) is 84.9 cm³/mol. The number of hydrogen-bond donors (Lipinski definition) is 0. The van der Waals surface area contributed by atoms with Crippen molar-refractivity contribution in [1.29, 1.82) is 0 Å². The van der Waals surface area contributed by atoms with Gasteiger partial charge in [-0.05, 0) is 31.0 Å².